The van der Waals surface area contributed by atoms with Gasteiger partial charge >= 0.3 is 5.97 Å². The van der Waals surface area contributed by atoms with E-state index in [0.717, 1.165) is 31.4 Å². The number of ether oxygens (including phenoxy) is 1. The van der Waals surface area contributed by atoms with Gasteiger partial charge in [-0.15, -0.1) is 0 Å². The van der Waals surface area contributed by atoms with Crippen LogP contribution in [0.1, 0.15) is 25.0 Å². The Labute approximate surface area is 95.1 Å². The first-order valence-electron chi connectivity index (χ1n) is 5.60. The van der Waals surface area contributed by atoms with Crippen molar-refractivity contribution in [2.45, 2.75) is 25.7 Å². The molecule has 1 heterocycles. The molecule has 0 spiro atoms. The lowest BCUT2D eigenvalue weighted by atomic mass is 10.1. The molecule has 86 valence electrons. The van der Waals surface area contributed by atoms with E-state index < -0.39 is 0 Å². The first-order chi connectivity index (χ1) is 7.79. The number of allylic oxidation sites excluding steroid dienone is 1. The molecule has 1 fully saturated rings. The fourth-order valence-corrected chi connectivity index (χ4v) is 1.88. The summed E-state index contributed by atoms with van der Waals surface area (Å²) in [5, 5.41) is 0. The molecular formula is C13H16O3. The SMILES string of the molecule is COC(=O)C=C1CC1CCCc1ccco1. The van der Waals surface area contributed by atoms with Crippen LogP contribution in [-0.4, -0.2) is 13.1 Å². The van der Waals surface area contributed by atoms with Crippen LogP contribution < -0.4 is 0 Å². The van der Waals surface area contributed by atoms with Crippen LogP contribution in [0.2, 0.25) is 0 Å². The zero-order chi connectivity index (χ0) is 11.4. The zero-order valence-corrected chi connectivity index (χ0v) is 9.44. The minimum atomic E-state index is -0.233. The van der Waals surface area contributed by atoms with Crippen LogP contribution in [0, 0.1) is 5.92 Å². The number of hydrogen-bond acceptors (Lipinski definition) is 3. The Balaban J connectivity index is 1.66. The highest BCUT2D eigenvalue weighted by atomic mass is 16.5. The molecule has 2 rings (SSSR count). The number of furan rings is 1. The lowest BCUT2D eigenvalue weighted by molar-refractivity contribution is -0.134. The Morgan fingerprint density at radius 3 is 3.25 bits per heavy atom. The summed E-state index contributed by atoms with van der Waals surface area (Å²) in [6.45, 7) is 0. The first kappa shape index (κ1) is 11.0. The van der Waals surface area contributed by atoms with Crippen LogP contribution >= 0.6 is 0 Å². The molecule has 1 atom stereocenters. The fourth-order valence-electron chi connectivity index (χ4n) is 1.88. The van der Waals surface area contributed by atoms with E-state index in [2.05, 4.69) is 4.74 Å². The number of carbonyl (C=O) groups excluding carboxylic acids is 1. The molecule has 1 saturated carbocycles. The third-order valence-electron chi connectivity index (χ3n) is 2.91. The molecule has 16 heavy (non-hydrogen) atoms. The van der Waals surface area contributed by atoms with Crippen molar-refractivity contribution in [1.82, 2.24) is 0 Å². The largest absolute Gasteiger partial charge is 0.469 e. The van der Waals surface area contributed by atoms with Gasteiger partial charge in [-0.2, -0.15) is 0 Å². The van der Waals surface area contributed by atoms with E-state index in [1.807, 2.05) is 12.1 Å². The summed E-state index contributed by atoms with van der Waals surface area (Å²) in [6, 6.07) is 3.91. The Bertz CT molecular complexity index is 376. The lowest BCUT2D eigenvalue weighted by Crippen LogP contribution is -1.93. The first-order valence-corrected chi connectivity index (χ1v) is 5.60. The second kappa shape index (κ2) is 5.01. The van der Waals surface area contributed by atoms with Gasteiger partial charge in [0.15, 0.2) is 0 Å². The third-order valence-corrected chi connectivity index (χ3v) is 2.91. The number of esters is 1. The minimum absolute atomic E-state index is 0.233. The van der Waals surface area contributed by atoms with Gasteiger partial charge < -0.3 is 9.15 Å². The van der Waals surface area contributed by atoms with E-state index in [1.165, 1.54) is 12.7 Å². The Kier molecular flexibility index (Phi) is 3.44. The van der Waals surface area contributed by atoms with Crippen LogP contribution in [0.3, 0.4) is 0 Å². The van der Waals surface area contributed by atoms with E-state index in [-0.39, 0.29) is 5.97 Å². The van der Waals surface area contributed by atoms with Crippen LogP contribution in [0.25, 0.3) is 0 Å². The van der Waals surface area contributed by atoms with Gasteiger partial charge in [-0.3, -0.25) is 0 Å². The molecule has 1 aliphatic rings. The Morgan fingerprint density at radius 1 is 1.69 bits per heavy atom. The molecule has 0 N–H and O–H groups in total. The van der Waals surface area contributed by atoms with Gasteiger partial charge in [0.05, 0.1) is 13.4 Å². The molecule has 0 saturated heterocycles. The molecule has 1 unspecified atom stereocenters. The van der Waals surface area contributed by atoms with Crippen molar-refractivity contribution in [3.05, 3.63) is 35.8 Å². The van der Waals surface area contributed by atoms with Crippen molar-refractivity contribution in [2.24, 2.45) is 5.92 Å². The number of carbonyl (C=O) groups is 1. The quantitative estimate of drug-likeness (QED) is 0.565. The number of rotatable bonds is 5. The van der Waals surface area contributed by atoms with Crippen LogP contribution in [0.15, 0.2) is 34.5 Å². The molecule has 0 radical (unpaired) electrons. The molecule has 3 heteroatoms. The summed E-state index contributed by atoms with van der Waals surface area (Å²) in [6.07, 6.45) is 7.59. The summed E-state index contributed by atoms with van der Waals surface area (Å²) < 4.78 is 9.84. The van der Waals surface area contributed by atoms with Crippen molar-refractivity contribution < 1.29 is 13.9 Å². The topological polar surface area (TPSA) is 39.4 Å². The van der Waals surface area contributed by atoms with Crippen molar-refractivity contribution in [1.29, 1.82) is 0 Å². The monoisotopic (exact) mass is 220 g/mol. The van der Waals surface area contributed by atoms with Crippen LogP contribution in [0.5, 0.6) is 0 Å². The van der Waals surface area contributed by atoms with Crippen molar-refractivity contribution in [2.75, 3.05) is 7.11 Å². The standard InChI is InChI=1S/C13H16O3/c1-15-13(14)9-11-8-10(11)4-2-5-12-6-3-7-16-12/h3,6-7,9-10H,2,4-5,8H2,1H3. The highest BCUT2D eigenvalue weighted by molar-refractivity contribution is 5.83. The molecule has 0 amide bonds. The predicted molar refractivity (Wildman–Crippen MR) is 59.9 cm³/mol. The van der Waals surface area contributed by atoms with Crippen molar-refractivity contribution in [3.8, 4) is 0 Å². The van der Waals surface area contributed by atoms with E-state index in [9.17, 15) is 4.79 Å². The minimum Gasteiger partial charge on any atom is -0.469 e. The molecule has 0 aromatic carbocycles. The fraction of sp³-hybridized carbons (Fsp3) is 0.462. The van der Waals surface area contributed by atoms with Gasteiger partial charge in [0.25, 0.3) is 0 Å². The second-order valence-electron chi connectivity index (χ2n) is 4.12. The maximum absolute atomic E-state index is 11.0. The molecule has 1 aliphatic carbocycles. The molecule has 1 aromatic heterocycles. The number of aryl methyl sites for hydroxylation is 1. The van der Waals surface area contributed by atoms with E-state index in [4.69, 9.17) is 4.42 Å². The number of methoxy groups -OCH3 is 1. The summed E-state index contributed by atoms with van der Waals surface area (Å²) in [4.78, 5) is 11.0. The van der Waals surface area contributed by atoms with Crippen molar-refractivity contribution in [3.63, 3.8) is 0 Å². The third kappa shape index (κ3) is 2.99. The average molecular weight is 220 g/mol. The summed E-state index contributed by atoms with van der Waals surface area (Å²) in [5.41, 5.74) is 1.23. The van der Waals surface area contributed by atoms with Gasteiger partial charge in [-0.1, -0.05) is 5.57 Å². The second-order valence-corrected chi connectivity index (χ2v) is 4.12. The molecule has 0 aliphatic heterocycles. The van der Waals surface area contributed by atoms with Crippen LogP contribution in [-0.2, 0) is 16.0 Å². The number of hydrogen-bond donors (Lipinski definition) is 0. The van der Waals surface area contributed by atoms with Crippen molar-refractivity contribution >= 4 is 5.97 Å². The maximum Gasteiger partial charge on any atom is 0.330 e. The van der Waals surface area contributed by atoms with Gasteiger partial charge in [0.1, 0.15) is 5.76 Å². The Hall–Kier alpha value is -1.51. The predicted octanol–water partition coefficient (Wildman–Crippen LogP) is 2.72. The molecule has 0 bridgehead atoms. The van der Waals surface area contributed by atoms with E-state index >= 15 is 0 Å². The van der Waals surface area contributed by atoms with E-state index in [1.54, 1.807) is 12.3 Å². The molecular weight excluding hydrogens is 204 g/mol. The van der Waals surface area contributed by atoms with Gasteiger partial charge in [-0.25, -0.2) is 4.79 Å². The average Bonchev–Trinajstić information content (AvgIpc) is 2.80. The maximum atomic E-state index is 11.0. The zero-order valence-electron chi connectivity index (χ0n) is 9.44. The van der Waals surface area contributed by atoms with Gasteiger partial charge in [0, 0.05) is 12.5 Å². The summed E-state index contributed by atoms with van der Waals surface area (Å²) >= 11 is 0. The van der Waals surface area contributed by atoms with E-state index in [0.29, 0.717) is 5.92 Å². The summed E-state index contributed by atoms with van der Waals surface area (Å²) in [7, 11) is 1.41. The van der Waals surface area contributed by atoms with Crippen LogP contribution in [0.4, 0.5) is 0 Å². The molecule has 1 aromatic rings. The Morgan fingerprint density at radius 2 is 2.56 bits per heavy atom. The van der Waals surface area contributed by atoms with Gasteiger partial charge in [0.2, 0.25) is 0 Å². The normalized spacial score (nSPS) is 21.1. The highest BCUT2D eigenvalue weighted by Gasteiger charge is 2.29. The van der Waals surface area contributed by atoms with Gasteiger partial charge in [-0.05, 0) is 37.3 Å². The lowest BCUT2D eigenvalue weighted by Gasteiger charge is -1.95. The highest BCUT2D eigenvalue weighted by Crippen LogP contribution is 2.41. The molecule has 3 nitrogen and oxygen atoms in total. The summed E-state index contributed by atoms with van der Waals surface area (Å²) in [5.74, 6) is 1.40. The smallest absolute Gasteiger partial charge is 0.330 e.